The Morgan fingerprint density at radius 1 is 1.19 bits per heavy atom. The molecule has 0 saturated carbocycles. The molecule has 1 amide bonds. The van der Waals surface area contributed by atoms with Crippen molar-refractivity contribution >= 4 is 44.8 Å². The van der Waals surface area contributed by atoms with Crippen molar-refractivity contribution in [3.63, 3.8) is 0 Å². The zero-order valence-electron chi connectivity index (χ0n) is 17.9. The van der Waals surface area contributed by atoms with Crippen molar-refractivity contribution in [2.45, 2.75) is 33.2 Å². The van der Waals surface area contributed by atoms with E-state index in [0.717, 1.165) is 27.5 Å². The molecule has 0 saturated heterocycles. The molecule has 2 heterocycles. The van der Waals surface area contributed by atoms with E-state index in [2.05, 4.69) is 29.8 Å². The van der Waals surface area contributed by atoms with E-state index in [1.165, 1.54) is 0 Å². The molecule has 0 unspecified atom stereocenters. The molecule has 1 aromatic heterocycles. The van der Waals surface area contributed by atoms with Crippen molar-refractivity contribution in [2.75, 3.05) is 18.1 Å². The summed E-state index contributed by atoms with van der Waals surface area (Å²) in [7, 11) is 0. The first-order valence-corrected chi connectivity index (χ1v) is 11.4. The zero-order chi connectivity index (χ0) is 22.1. The number of fused-ring (bicyclic) bond motifs is 3. The molecule has 0 bridgehead atoms. The Hall–Kier alpha value is -2.67. The van der Waals surface area contributed by atoms with Crippen molar-refractivity contribution in [2.24, 2.45) is 11.8 Å². The summed E-state index contributed by atoms with van der Waals surface area (Å²) in [5, 5.41) is 0. The number of halogens is 1. The standard InChI is InChI=1S/C24H26BrN3O3/c1-4-31-23(30)20-21(16-8-7-9-17(25)14-16)28-19-11-6-5-10-18(19)26-24(28)27(22(20)29)13-12-15(2)3/h5-11,14-15,20-21H,4,12-13H2,1-3H3/t20-,21-/m0/s1. The number of aromatic nitrogens is 2. The highest BCUT2D eigenvalue weighted by atomic mass is 79.9. The number of ether oxygens (including phenoxy) is 1. The number of nitrogens with zero attached hydrogens (tertiary/aromatic N) is 3. The van der Waals surface area contributed by atoms with Crippen molar-refractivity contribution < 1.29 is 14.3 Å². The maximum Gasteiger partial charge on any atom is 0.321 e. The first kappa shape index (κ1) is 21.6. The van der Waals surface area contributed by atoms with Crippen LogP contribution in [0.25, 0.3) is 11.0 Å². The molecule has 0 aliphatic carbocycles. The van der Waals surface area contributed by atoms with Crippen LogP contribution >= 0.6 is 15.9 Å². The molecule has 4 rings (SSSR count). The molecular formula is C24H26BrN3O3. The van der Waals surface area contributed by atoms with E-state index in [9.17, 15) is 9.59 Å². The molecule has 6 nitrogen and oxygen atoms in total. The van der Waals surface area contributed by atoms with Gasteiger partial charge in [-0.05, 0) is 49.1 Å². The number of esters is 1. The molecule has 3 aromatic rings. The molecular weight excluding hydrogens is 458 g/mol. The maximum atomic E-state index is 13.7. The highest BCUT2D eigenvalue weighted by Crippen LogP contribution is 2.41. The van der Waals surface area contributed by atoms with Crippen LogP contribution < -0.4 is 4.90 Å². The number of anilines is 1. The Labute approximate surface area is 190 Å². The van der Waals surface area contributed by atoms with E-state index in [1.54, 1.807) is 11.8 Å². The van der Waals surface area contributed by atoms with Gasteiger partial charge in [0.15, 0.2) is 5.92 Å². The van der Waals surface area contributed by atoms with Gasteiger partial charge in [0.1, 0.15) is 0 Å². The van der Waals surface area contributed by atoms with Crippen molar-refractivity contribution in [1.29, 1.82) is 0 Å². The Morgan fingerprint density at radius 2 is 1.97 bits per heavy atom. The lowest BCUT2D eigenvalue weighted by Crippen LogP contribution is -2.50. The molecule has 0 radical (unpaired) electrons. The fourth-order valence-electron chi connectivity index (χ4n) is 4.14. The minimum absolute atomic E-state index is 0.220. The second-order valence-corrected chi connectivity index (χ2v) is 9.09. The van der Waals surface area contributed by atoms with Gasteiger partial charge in [-0.1, -0.05) is 54.0 Å². The number of hydrogen-bond acceptors (Lipinski definition) is 4. The Balaban J connectivity index is 1.97. The number of benzene rings is 2. The third-order valence-corrected chi connectivity index (χ3v) is 6.10. The van der Waals surface area contributed by atoms with Gasteiger partial charge in [-0.15, -0.1) is 0 Å². The van der Waals surface area contributed by atoms with Crippen molar-refractivity contribution in [1.82, 2.24) is 9.55 Å². The minimum Gasteiger partial charge on any atom is -0.465 e. The van der Waals surface area contributed by atoms with E-state index in [1.807, 2.05) is 53.1 Å². The summed E-state index contributed by atoms with van der Waals surface area (Å²) in [5.74, 6) is -0.749. The number of carbonyl (C=O) groups excluding carboxylic acids is 2. The summed E-state index contributed by atoms with van der Waals surface area (Å²) in [6, 6.07) is 15.0. The average molecular weight is 484 g/mol. The summed E-state index contributed by atoms with van der Waals surface area (Å²) >= 11 is 3.53. The smallest absolute Gasteiger partial charge is 0.321 e. The lowest BCUT2D eigenvalue weighted by Gasteiger charge is -2.38. The van der Waals surface area contributed by atoms with Crippen LogP contribution in [0, 0.1) is 11.8 Å². The summed E-state index contributed by atoms with van der Waals surface area (Å²) in [5.41, 5.74) is 2.54. The number of hydrogen-bond donors (Lipinski definition) is 0. The summed E-state index contributed by atoms with van der Waals surface area (Å²) in [6.45, 7) is 6.71. The first-order chi connectivity index (χ1) is 14.9. The van der Waals surface area contributed by atoms with Crippen molar-refractivity contribution in [3.05, 3.63) is 58.6 Å². The summed E-state index contributed by atoms with van der Waals surface area (Å²) < 4.78 is 8.29. The van der Waals surface area contributed by atoms with Crippen LogP contribution in [0.2, 0.25) is 0 Å². The molecule has 2 atom stereocenters. The van der Waals surface area contributed by atoms with Gasteiger partial charge >= 0.3 is 5.97 Å². The number of para-hydroxylation sites is 2. The number of imidazole rings is 1. The molecule has 0 spiro atoms. The SMILES string of the molecule is CCOC(=O)[C@@H]1C(=O)N(CCC(C)C)c2nc3ccccc3n2[C@H]1c1cccc(Br)c1. The highest BCUT2D eigenvalue weighted by Gasteiger charge is 2.47. The maximum absolute atomic E-state index is 13.7. The fraction of sp³-hybridized carbons (Fsp3) is 0.375. The fourth-order valence-corrected chi connectivity index (χ4v) is 4.56. The Morgan fingerprint density at radius 3 is 2.68 bits per heavy atom. The summed E-state index contributed by atoms with van der Waals surface area (Å²) in [4.78, 5) is 33.3. The summed E-state index contributed by atoms with van der Waals surface area (Å²) in [6.07, 6.45) is 0.812. The van der Waals surface area contributed by atoms with Crippen molar-refractivity contribution in [3.8, 4) is 0 Å². The van der Waals surface area contributed by atoms with Crippen LogP contribution in [0.5, 0.6) is 0 Å². The predicted octanol–water partition coefficient (Wildman–Crippen LogP) is 4.96. The van der Waals surface area contributed by atoms with Gasteiger partial charge in [0.25, 0.3) is 0 Å². The second kappa shape index (κ2) is 8.83. The van der Waals surface area contributed by atoms with Crippen LogP contribution in [-0.4, -0.2) is 34.6 Å². The van der Waals surface area contributed by atoms with E-state index >= 15 is 0 Å². The lowest BCUT2D eigenvalue weighted by atomic mass is 9.89. The van der Waals surface area contributed by atoms with Crippen LogP contribution in [0.1, 0.15) is 38.8 Å². The van der Waals surface area contributed by atoms with Crippen LogP contribution in [0.4, 0.5) is 5.95 Å². The quantitative estimate of drug-likeness (QED) is 0.367. The lowest BCUT2D eigenvalue weighted by molar-refractivity contribution is -0.153. The van der Waals surface area contributed by atoms with Gasteiger partial charge < -0.3 is 9.30 Å². The van der Waals surface area contributed by atoms with E-state index in [4.69, 9.17) is 9.72 Å². The van der Waals surface area contributed by atoms with Gasteiger partial charge in [-0.3, -0.25) is 14.5 Å². The topological polar surface area (TPSA) is 64.4 Å². The molecule has 1 aliphatic heterocycles. The van der Waals surface area contributed by atoms with E-state index in [0.29, 0.717) is 18.4 Å². The molecule has 0 N–H and O–H groups in total. The molecule has 162 valence electrons. The van der Waals surface area contributed by atoms with Crippen LogP contribution in [0.15, 0.2) is 53.0 Å². The Bertz CT molecular complexity index is 1120. The largest absolute Gasteiger partial charge is 0.465 e. The van der Waals surface area contributed by atoms with Gasteiger partial charge in [0, 0.05) is 11.0 Å². The van der Waals surface area contributed by atoms with E-state index < -0.39 is 17.9 Å². The number of rotatable bonds is 6. The van der Waals surface area contributed by atoms with Crippen LogP contribution in [-0.2, 0) is 14.3 Å². The van der Waals surface area contributed by atoms with Crippen LogP contribution in [0.3, 0.4) is 0 Å². The molecule has 7 heteroatoms. The first-order valence-electron chi connectivity index (χ1n) is 10.6. The average Bonchev–Trinajstić information content (AvgIpc) is 3.11. The monoisotopic (exact) mass is 483 g/mol. The van der Waals surface area contributed by atoms with Gasteiger partial charge in [-0.25, -0.2) is 4.98 Å². The second-order valence-electron chi connectivity index (χ2n) is 8.17. The highest BCUT2D eigenvalue weighted by molar-refractivity contribution is 9.10. The Kier molecular flexibility index (Phi) is 6.14. The molecule has 2 aromatic carbocycles. The molecule has 1 aliphatic rings. The predicted molar refractivity (Wildman–Crippen MR) is 124 cm³/mol. The third kappa shape index (κ3) is 3.99. The normalized spacial score (nSPS) is 18.5. The van der Waals surface area contributed by atoms with Gasteiger partial charge in [-0.2, -0.15) is 0 Å². The number of carbonyl (C=O) groups is 2. The molecule has 0 fully saturated rings. The van der Waals surface area contributed by atoms with E-state index in [-0.39, 0.29) is 12.5 Å². The minimum atomic E-state index is -0.980. The zero-order valence-corrected chi connectivity index (χ0v) is 19.5. The number of amides is 1. The molecule has 31 heavy (non-hydrogen) atoms. The van der Waals surface area contributed by atoms with Gasteiger partial charge in [0.2, 0.25) is 11.9 Å². The van der Waals surface area contributed by atoms with Gasteiger partial charge in [0.05, 0.1) is 23.7 Å². The third-order valence-electron chi connectivity index (χ3n) is 5.61.